The van der Waals surface area contributed by atoms with Gasteiger partial charge in [-0.25, -0.2) is 12.8 Å². The summed E-state index contributed by atoms with van der Waals surface area (Å²) >= 11 is 0. The molecule has 2 aromatic rings. The number of fused-ring (bicyclic) bond motifs is 1. The molecule has 0 bridgehead atoms. The highest BCUT2D eigenvalue weighted by Crippen LogP contribution is 2.64. The van der Waals surface area contributed by atoms with E-state index in [1.165, 1.54) is 7.11 Å². The van der Waals surface area contributed by atoms with Gasteiger partial charge in [0.05, 0.1) is 7.11 Å². The van der Waals surface area contributed by atoms with Crippen molar-refractivity contribution in [3.8, 4) is 5.75 Å². The molecule has 6 nitrogen and oxygen atoms in total. The number of ether oxygens (including phenoxy) is 2. The monoisotopic (exact) mass is 402 g/mol. The highest BCUT2D eigenvalue weighted by molar-refractivity contribution is 8.33. The Bertz CT molecular complexity index is 922. The molecule has 1 aliphatic rings. The summed E-state index contributed by atoms with van der Waals surface area (Å²) in [5.74, 6) is 1.40. The van der Waals surface area contributed by atoms with Crippen LogP contribution in [0.2, 0.25) is 0 Å². The lowest BCUT2D eigenvalue weighted by Crippen LogP contribution is -2.16. The molecule has 26 heavy (non-hydrogen) atoms. The maximum absolute atomic E-state index is 12.9. The number of benzene rings is 2. The lowest BCUT2D eigenvalue weighted by atomic mass is 10.1. The van der Waals surface area contributed by atoms with Gasteiger partial charge in [0.25, 0.3) is 0 Å². The topological polar surface area (TPSA) is 78.9 Å². The molecule has 2 aromatic carbocycles. The van der Waals surface area contributed by atoms with Crippen LogP contribution < -0.4 is 4.74 Å². The Kier molecular flexibility index (Phi) is 5.40. The van der Waals surface area contributed by atoms with Crippen LogP contribution in [0.25, 0.3) is 10.8 Å². The van der Waals surface area contributed by atoms with E-state index in [0.29, 0.717) is 22.6 Å². The van der Waals surface area contributed by atoms with Crippen LogP contribution in [0, 0.1) is 0 Å². The quantitative estimate of drug-likeness (QED) is 0.553. The van der Waals surface area contributed by atoms with Crippen molar-refractivity contribution in [3.63, 3.8) is 0 Å². The van der Waals surface area contributed by atoms with E-state index in [1.807, 2.05) is 6.07 Å². The third-order valence-electron chi connectivity index (χ3n) is 4.17. The molecule has 1 fully saturated rings. The molecule has 0 aliphatic carbocycles. The van der Waals surface area contributed by atoms with Gasteiger partial charge in [-0.3, -0.25) is 0 Å². The zero-order valence-corrected chi connectivity index (χ0v) is 15.8. The van der Waals surface area contributed by atoms with Crippen molar-refractivity contribution in [3.05, 3.63) is 36.4 Å². The van der Waals surface area contributed by atoms with Gasteiger partial charge in [-0.2, -0.15) is 8.42 Å². The van der Waals surface area contributed by atoms with Crippen LogP contribution in [-0.2, 0) is 18.5 Å². The van der Waals surface area contributed by atoms with Crippen LogP contribution in [0.4, 0.5) is 9.18 Å². The number of hydrogen-bond acceptors (Lipinski definition) is 6. The first kappa shape index (κ1) is 18.9. The number of alkyl halides is 1. The fourth-order valence-electron chi connectivity index (χ4n) is 3.10. The highest BCUT2D eigenvalue weighted by Gasteiger charge is 2.38. The van der Waals surface area contributed by atoms with Gasteiger partial charge in [-0.15, -0.1) is 0 Å². The van der Waals surface area contributed by atoms with E-state index in [9.17, 15) is 17.6 Å². The zero-order chi connectivity index (χ0) is 18.8. The predicted molar refractivity (Wildman–Crippen MR) is 97.8 cm³/mol. The average Bonchev–Trinajstić information content (AvgIpc) is 3.10. The van der Waals surface area contributed by atoms with Crippen LogP contribution in [0.1, 0.15) is 12.8 Å². The van der Waals surface area contributed by atoms with Crippen molar-refractivity contribution < 1.29 is 30.7 Å². The minimum absolute atomic E-state index is 0.303. The van der Waals surface area contributed by atoms with E-state index >= 15 is 0 Å². The molecule has 0 saturated carbocycles. The molecule has 9 heteroatoms. The summed E-state index contributed by atoms with van der Waals surface area (Å²) in [5, 5.41) is 1.36. The number of carbonyl (C=O) groups is 1. The minimum atomic E-state index is -4.25. The smallest absolute Gasteiger partial charge is 0.437 e. The lowest BCUT2D eigenvalue weighted by Gasteiger charge is -2.35. The first-order valence-electron chi connectivity index (χ1n) is 7.97. The van der Waals surface area contributed by atoms with Gasteiger partial charge in [0, 0.05) is 21.8 Å². The van der Waals surface area contributed by atoms with Crippen LogP contribution in [0.15, 0.2) is 41.3 Å². The van der Waals surface area contributed by atoms with Crippen molar-refractivity contribution in [2.24, 2.45) is 0 Å². The van der Waals surface area contributed by atoms with Crippen LogP contribution >= 0.6 is 10.3 Å². The number of halogens is 1. The van der Waals surface area contributed by atoms with E-state index in [4.69, 9.17) is 8.37 Å². The second-order valence-electron chi connectivity index (χ2n) is 5.83. The van der Waals surface area contributed by atoms with Crippen molar-refractivity contribution in [1.29, 1.82) is 0 Å². The molecule has 0 amide bonds. The summed E-state index contributed by atoms with van der Waals surface area (Å²) in [5.41, 5.74) is 0. The Morgan fingerprint density at radius 2 is 1.77 bits per heavy atom. The second kappa shape index (κ2) is 7.42. The Morgan fingerprint density at radius 3 is 2.38 bits per heavy atom. The van der Waals surface area contributed by atoms with Gasteiger partial charge in [0.1, 0.15) is 5.75 Å². The van der Waals surface area contributed by atoms with E-state index in [1.54, 1.807) is 30.3 Å². The molecule has 0 unspecified atom stereocenters. The zero-order valence-electron chi connectivity index (χ0n) is 14.1. The van der Waals surface area contributed by atoms with E-state index < -0.39 is 32.6 Å². The predicted octanol–water partition coefficient (Wildman–Crippen LogP) is 4.13. The van der Waals surface area contributed by atoms with Gasteiger partial charge in [0.2, 0.25) is 6.01 Å². The molecular formula is C17H19FO6S2. The van der Waals surface area contributed by atoms with Gasteiger partial charge in [0.15, 0.2) is 0 Å². The van der Waals surface area contributed by atoms with Crippen molar-refractivity contribution >= 4 is 37.4 Å². The Hall–Kier alpha value is -1.84. The van der Waals surface area contributed by atoms with E-state index in [0.717, 1.165) is 23.1 Å². The van der Waals surface area contributed by atoms with Crippen LogP contribution in [-0.4, -0.2) is 39.2 Å². The van der Waals surface area contributed by atoms with Gasteiger partial charge < -0.3 is 9.47 Å². The highest BCUT2D eigenvalue weighted by atomic mass is 32.3. The van der Waals surface area contributed by atoms with Crippen molar-refractivity contribution in [2.75, 3.05) is 24.6 Å². The van der Waals surface area contributed by atoms with E-state index in [-0.39, 0.29) is 0 Å². The van der Waals surface area contributed by atoms with Crippen LogP contribution in [0.3, 0.4) is 0 Å². The maximum Gasteiger partial charge on any atom is 0.513 e. The Balaban J connectivity index is 2.15. The summed E-state index contributed by atoms with van der Waals surface area (Å²) in [7, 11) is -5.22. The molecule has 0 aromatic heterocycles. The Labute approximate surface area is 152 Å². The number of carbonyl (C=O) groups excluding carboxylic acids is 1. The van der Waals surface area contributed by atoms with Crippen molar-refractivity contribution in [2.45, 2.75) is 17.7 Å². The molecule has 0 spiro atoms. The third-order valence-corrected chi connectivity index (χ3v) is 9.36. The first-order valence-corrected chi connectivity index (χ1v) is 11.4. The fraction of sp³-hybridized carbons (Fsp3) is 0.353. The minimum Gasteiger partial charge on any atom is -0.437 e. The Morgan fingerprint density at radius 1 is 1.12 bits per heavy atom. The molecular weight excluding hydrogens is 383 g/mol. The summed E-state index contributed by atoms with van der Waals surface area (Å²) in [6.07, 6.45) is 0.777. The number of methoxy groups -OCH3 is 1. The summed E-state index contributed by atoms with van der Waals surface area (Å²) in [6, 6.07) is 8.91. The molecule has 3 rings (SSSR count). The van der Waals surface area contributed by atoms with E-state index in [2.05, 4.69) is 4.74 Å². The normalized spacial score (nSPS) is 17.8. The first-order chi connectivity index (χ1) is 12.4. The summed E-state index contributed by atoms with van der Waals surface area (Å²) in [6.45, 7) is 0. The molecule has 1 heterocycles. The van der Waals surface area contributed by atoms with Gasteiger partial charge >= 0.3 is 16.3 Å². The fourth-order valence-corrected chi connectivity index (χ4v) is 8.55. The van der Waals surface area contributed by atoms with Gasteiger partial charge in [-0.05, 0) is 30.4 Å². The van der Waals surface area contributed by atoms with Crippen molar-refractivity contribution in [1.82, 2.24) is 0 Å². The molecule has 1 saturated heterocycles. The number of hydrogen-bond donors (Lipinski definition) is 0. The number of rotatable bonds is 5. The standard InChI is InChI=1S/C17H19FO6S2/c1-22-17(19)23-15-8-9-16(14-7-3-2-6-13(14)15)25(10-4-5-11-25)24-26(20,21)12-18/h2-3,6-9H,4-5,10-12H2,1H3. The average molecular weight is 402 g/mol. The molecule has 0 N–H and O–H groups in total. The largest absolute Gasteiger partial charge is 0.513 e. The van der Waals surface area contributed by atoms with Crippen LogP contribution in [0.5, 0.6) is 5.75 Å². The lowest BCUT2D eigenvalue weighted by molar-refractivity contribution is 0.122. The SMILES string of the molecule is COC(=O)Oc1ccc(S2(OS(=O)(=O)CF)CCCC2)c2ccccc12. The maximum atomic E-state index is 12.9. The summed E-state index contributed by atoms with van der Waals surface area (Å²) in [4.78, 5) is 12.2. The molecule has 0 atom stereocenters. The van der Waals surface area contributed by atoms with Gasteiger partial charge in [-0.1, -0.05) is 34.6 Å². The molecule has 1 aliphatic heterocycles. The second-order valence-corrected chi connectivity index (χ2v) is 10.6. The summed E-state index contributed by atoms with van der Waals surface area (Å²) < 4.78 is 51.7. The molecule has 142 valence electrons. The third kappa shape index (κ3) is 3.65. The molecule has 0 radical (unpaired) electrons.